The highest BCUT2D eigenvalue weighted by Crippen LogP contribution is 2.39. The van der Waals surface area contributed by atoms with Gasteiger partial charge in [0.1, 0.15) is 5.56 Å². The smallest absolute Gasteiger partial charge is 0.278 e. The Morgan fingerprint density at radius 2 is 2.10 bits per heavy atom. The number of aryl methyl sites for hydroxylation is 1. The number of nitrogens with one attached hydrogen (secondary N) is 1. The number of carbonyl (C=O) groups excluding carboxylic acids is 1. The van der Waals surface area contributed by atoms with Crippen molar-refractivity contribution in [3.8, 4) is 0 Å². The van der Waals surface area contributed by atoms with Crippen molar-refractivity contribution in [2.75, 3.05) is 5.73 Å². The van der Waals surface area contributed by atoms with Gasteiger partial charge in [0, 0.05) is 5.71 Å². The average molecular weight is 290 g/mol. The quantitative estimate of drug-likeness (QED) is 0.819. The fourth-order valence-electron chi connectivity index (χ4n) is 3.64. The number of hydrazone groups is 1. The fraction of sp³-hybridized carbons (Fsp3) is 0.667. The summed E-state index contributed by atoms with van der Waals surface area (Å²) in [6.07, 6.45) is 8.57. The van der Waals surface area contributed by atoms with Gasteiger partial charge in [-0.15, -0.1) is 0 Å². The Bertz CT molecular complexity index is 545. The molecule has 0 saturated heterocycles. The molecule has 2 fully saturated rings. The van der Waals surface area contributed by atoms with E-state index in [1.165, 1.54) is 32.1 Å². The number of hydrogen-bond donors (Lipinski definition) is 2. The lowest BCUT2D eigenvalue weighted by atomic mass is 9.70. The number of fused-ring (bicyclic) bond motifs is 1. The van der Waals surface area contributed by atoms with Gasteiger partial charge in [0.05, 0.1) is 5.69 Å². The van der Waals surface area contributed by atoms with Crippen molar-refractivity contribution < 1.29 is 9.32 Å². The van der Waals surface area contributed by atoms with E-state index in [4.69, 9.17) is 10.3 Å². The van der Waals surface area contributed by atoms with E-state index >= 15 is 0 Å². The molecule has 3 rings (SSSR count). The summed E-state index contributed by atoms with van der Waals surface area (Å²) in [6.45, 7) is 1.69. The zero-order valence-electron chi connectivity index (χ0n) is 12.4. The van der Waals surface area contributed by atoms with Gasteiger partial charge in [0.25, 0.3) is 5.91 Å². The first-order chi connectivity index (χ1) is 10.1. The molecule has 3 N–H and O–H groups in total. The Morgan fingerprint density at radius 3 is 2.81 bits per heavy atom. The van der Waals surface area contributed by atoms with Crippen LogP contribution in [0.25, 0.3) is 0 Å². The van der Waals surface area contributed by atoms with E-state index in [-0.39, 0.29) is 17.4 Å². The van der Waals surface area contributed by atoms with Crippen LogP contribution in [0.1, 0.15) is 61.0 Å². The van der Waals surface area contributed by atoms with Gasteiger partial charge in [-0.05, 0) is 44.4 Å². The van der Waals surface area contributed by atoms with Crippen LogP contribution in [0.5, 0.6) is 0 Å². The Hall–Kier alpha value is -1.85. The summed E-state index contributed by atoms with van der Waals surface area (Å²) in [4.78, 5) is 12.1. The second-order valence-corrected chi connectivity index (χ2v) is 6.17. The van der Waals surface area contributed by atoms with Crippen molar-refractivity contribution >= 4 is 17.5 Å². The van der Waals surface area contributed by atoms with Crippen LogP contribution in [0.2, 0.25) is 0 Å². The first kappa shape index (κ1) is 14.1. The molecule has 0 unspecified atom stereocenters. The van der Waals surface area contributed by atoms with E-state index in [2.05, 4.69) is 15.7 Å². The topological polar surface area (TPSA) is 93.5 Å². The summed E-state index contributed by atoms with van der Waals surface area (Å²) in [5, 5.41) is 7.98. The molecule has 2 aliphatic carbocycles. The van der Waals surface area contributed by atoms with Crippen LogP contribution in [0, 0.1) is 18.8 Å². The van der Waals surface area contributed by atoms with Gasteiger partial charge >= 0.3 is 0 Å². The van der Waals surface area contributed by atoms with Gasteiger partial charge in [-0.2, -0.15) is 5.10 Å². The second kappa shape index (κ2) is 5.87. The molecule has 6 nitrogen and oxygen atoms in total. The first-order valence-electron chi connectivity index (χ1n) is 7.72. The van der Waals surface area contributed by atoms with Gasteiger partial charge in [-0.25, -0.2) is 5.43 Å². The molecule has 2 aliphatic rings. The fourth-order valence-corrected chi connectivity index (χ4v) is 3.64. The Kier molecular flexibility index (Phi) is 3.94. The molecule has 1 aromatic heterocycles. The van der Waals surface area contributed by atoms with E-state index in [9.17, 15) is 4.79 Å². The van der Waals surface area contributed by atoms with Gasteiger partial charge in [0.2, 0.25) is 5.88 Å². The number of carbonyl (C=O) groups is 1. The molecule has 0 radical (unpaired) electrons. The van der Waals surface area contributed by atoms with Crippen LogP contribution in [-0.4, -0.2) is 16.8 Å². The van der Waals surface area contributed by atoms with E-state index in [1.54, 1.807) is 6.92 Å². The molecule has 0 aromatic carbocycles. The third-order valence-corrected chi connectivity index (χ3v) is 4.80. The van der Waals surface area contributed by atoms with Gasteiger partial charge in [-0.1, -0.05) is 24.4 Å². The number of rotatable bonds is 2. The van der Waals surface area contributed by atoms with E-state index in [1.807, 2.05) is 0 Å². The molecular weight excluding hydrogens is 268 g/mol. The average Bonchev–Trinajstić information content (AvgIpc) is 2.84. The van der Waals surface area contributed by atoms with E-state index in [0.717, 1.165) is 30.4 Å². The minimum Gasteiger partial charge on any atom is -0.367 e. The van der Waals surface area contributed by atoms with Gasteiger partial charge < -0.3 is 10.3 Å². The van der Waals surface area contributed by atoms with Crippen molar-refractivity contribution in [3.63, 3.8) is 0 Å². The predicted molar refractivity (Wildman–Crippen MR) is 79.9 cm³/mol. The molecule has 1 aromatic rings. The van der Waals surface area contributed by atoms with Crippen LogP contribution in [-0.2, 0) is 0 Å². The Morgan fingerprint density at radius 1 is 1.33 bits per heavy atom. The summed E-state index contributed by atoms with van der Waals surface area (Å²) in [5.74, 6) is 1.32. The summed E-state index contributed by atoms with van der Waals surface area (Å²) < 4.78 is 4.80. The summed E-state index contributed by atoms with van der Waals surface area (Å²) in [6, 6.07) is 0. The minimum absolute atomic E-state index is 0.0428. The van der Waals surface area contributed by atoms with Gasteiger partial charge in [0.15, 0.2) is 0 Å². The highest BCUT2D eigenvalue weighted by atomic mass is 16.5. The van der Waals surface area contributed by atoms with Crippen LogP contribution < -0.4 is 11.2 Å². The molecule has 0 bridgehead atoms. The maximum absolute atomic E-state index is 12.1. The number of nitrogen functional groups attached to an aromatic ring is 1. The van der Waals surface area contributed by atoms with Crippen LogP contribution in [0.15, 0.2) is 9.62 Å². The zero-order chi connectivity index (χ0) is 14.8. The predicted octanol–water partition coefficient (Wildman–Crippen LogP) is 2.64. The molecule has 1 amide bonds. The maximum atomic E-state index is 12.1. The molecule has 114 valence electrons. The number of nitrogens with two attached hydrogens (primary N) is 1. The molecule has 1 heterocycles. The first-order valence-corrected chi connectivity index (χ1v) is 7.72. The number of anilines is 1. The Labute approximate surface area is 124 Å². The number of aromatic nitrogens is 1. The standard InChI is InChI=1S/C15H22N4O2/c1-9-13(14(16)21-19-9)15(20)18-17-12-7-6-10-4-2-3-5-11(10)8-12/h10-11H,2-8,16H2,1H3,(H,18,20)/b17-12+/t10-,11-/m0/s1. The second-order valence-electron chi connectivity index (χ2n) is 6.17. The molecule has 21 heavy (non-hydrogen) atoms. The third-order valence-electron chi connectivity index (χ3n) is 4.80. The lowest BCUT2D eigenvalue weighted by molar-refractivity contribution is 0.0954. The van der Waals surface area contributed by atoms with Crippen LogP contribution >= 0.6 is 0 Å². The largest absolute Gasteiger partial charge is 0.367 e. The monoisotopic (exact) mass is 290 g/mol. The highest BCUT2D eigenvalue weighted by molar-refractivity contribution is 5.99. The molecule has 0 aliphatic heterocycles. The number of amides is 1. The van der Waals surface area contributed by atoms with Crippen molar-refractivity contribution in [1.82, 2.24) is 10.6 Å². The van der Waals surface area contributed by atoms with Crippen molar-refractivity contribution in [2.24, 2.45) is 16.9 Å². The molecule has 2 saturated carbocycles. The normalized spacial score (nSPS) is 27.4. The third kappa shape index (κ3) is 2.94. The van der Waals surface area contributed by atoms with Crippen molar-refractivity contribution in [2.45, 2.75) is 51.9 Å². The molecule has 2 atom stereocenters. The Balaban J connectivity index is 1.62. The van der Waals surface area contributed by atoms with E-state index < -0.39 is 0 Å². The van der Waals surface area contributed by atoms with Crippen molar-refractivity contribution in [1.29, 1.82) is 0 Å². The SMILES string of the molecule is Cc1noc(N)c1C(=O)N/N=C1\CC[C@@H]2CCCC[C@H]2C1. The summed E-state index contributed by atoms with van der Waals surface area (Å²) in [5.41, 5.74) is 10.1. The van der Waals surface area contributed by atoms with E-state index in [0.29, 0.717) is 5.69 Å². The zero-order valence-corrected chi connectivity index (χ0v) is 12.4. The number of hydrogen-bond acceptors (Lipinski definition) is 5. The summed E-state index contributed by atoms with van der Waals surface area (Å²) in [7, 11) is 0. The van der Waals surface area contributed by atoms with Crippen molar-refractivity contribution in [3.05, 3.63) is 11.3 Å². The lowest BCUT2D eigenvalue weighted by Gasteiger charge is -2.35. The lowest BCUT2D eigenvalue weighted by Crippen LogP contribution is -2.30. The maximum Gasteiger partial charge on any atom is 0.278 e. The molecule has 0 spiro atoms. The van der Waals surface area contributed by atoms with Crippen LogP contribution in [0.4, 0.5) is 5.88 Å². The molecule has 6 heteroatoms. The van der Waals surface area contributed by atoms with Crippen LogP contribution in [0.3, 0.4) is 0 Å². The number of nitrogens with zero attached hydrogens (tertiary/aromatic N) is 2. The summed E-state index contributed by atoms with van der Waals surface area (Å²) >= 11 is 0. The highest BCUT2D eigenvalue weighted by Gasteiger charge is 2.30. The minimum atomic E-state index is -0.343. The molecular formula is C15H22N4O2. The van der Waals surface area contributed by atoms with Gasteiger partial charge in [-0.3, -0.25) is 4.79 Å².